The van der Waals surface area contributed by atoms with Gasteiger partial charge in [0.25, 0.3) is 0 Å². The van der Waals surface area contributed by atoms with Gasteiger partial charge in [-0.3, -0.25) is 0 Å². The normalized spacial score (nSPS) is 16.9. The van der Waals surface area contributed by atoms with E-state index in [1.54, 1.807) is 21.0 Å². The minimum atomic E-state index is -1.18. The number of ether oxygens (including phenoxy) is 2. The van der Waals surface area contributed by atoms with Gasteiger partial charge >= 0.3 is 5.97 Å². The summed E-state index contributed by atoms with van der Waals surface area (Å²) in [5.74, 6) is 4.77. The molecule has 2 aromatic carbocycles. The van der Waals surface area contributed by atoms with E-state index in [2.05, 4.69) is 131 Å². The van der Waals surface area contributed by atoms with Crippen LogP contribution in [0.3, 0.4) is 0 Å². The maximum absolute atomic E-state index is 11.4. The van der Waals surface area contributed by atoms with Crippen molar-refractivity contribution in [2.75, 3.05) is 13.7 Å². The lowest BCUT2D eigenvalue weighted by molar-refractivity contribution is -0.163. The topological polar surface area (TPSA) is 108 Å². The first kappa shape index (κ1) is 44.7. The monoisotopic (exact) mass is 868 g/mol. The second-order valence-corrected chi connectivity index (χ2v) is 18.0. The van der Waals surface area contributed by atoms with E-state index in [0.717, 1.165) is 82.9 Å². The molecule has 1 fully saturated rings. The van der Waals surface area contributed by atoms with E-state index < -0.39 is 11.6 Å². The van der Waals surface area contributed by atoms with Crippen LogP contribution in [0, 0.1) is 23.7 Å². The van der Waals surface area contributed by atoms with Crippen LogP contribution in [0.1, 0.15) is 147 Å². The smallest absolute Gasteiger partial charge is 0.335 e. The molecule has 1 aliphatic carbocycles. The summed E-state index contributed by atoms with van der Waals surface area (Å²) in [5.41, 5.74) is 5.51. The molecule has 55 heavy (non-hydrogen) atoms. The van der Waals surface area contributed by atoms with Crippen molar-refractivity contribution >= 4 is 28.6 Å². The number of nitrogens with zero attached hydrogens (tertiary/aromatic N) is 2. The van der Waals surface area contributed by atoms with E-state index in [-0.39, 0.29) is 17.9 Å². The Hall–Kier alpha value is -3.02. The summed E-state index contributed by atoms with van der Waals surface area (Å²) in [4.78, 5) is 21.0. The fourth-order valence-electron chi connectivity index (χ4n) is 7.30. The number of hydrogen-bond donors (Lipinski definition) is 1. The number of halogens is 1. The Morgan fingerprint density at radius 1 is 0.818 bits per heavy atom. The highest BCUT2D eigenvalue weighted by Crippen LogP contribution is 2.42. The molecule has 2 aromatic heterocycles. The second kappa shape index (κ2) is 20.4. The van der Waals surface area contributed by atoms with Crippen molar-refractivity contribution in [1.29, 1.82) is 0 Å². The highest BCUT2D eigenvalue weighted by molar-refractivity contribution is 14.1. The summed E-state index contributed by atoms with van der Waals surface area (Å²) in [6, 6.07) is 17.1. The molecule has 5 rings (SSSR count). The highest BCUT2D eigenvalue weighted by Gasteiger charge is 2.36. The maximum atomic E-state index is 11.4. The van der Waals surface area contributed by atoms with E-state index in [1.165, 1.54) is 11.1 Å². The molecule has 0 amide bonds. The third kappa shape index (κ3) is 12.5. The third-order valence-electron chi connectivity index (χ3n) is 10.2. The van der Waals surface area contributed by atoms with E-state index in [0.29, 0.717) is 36.2 Å². The van der Waals surface area contributed by atoms with Gasteiger partial charge in [-0.15, -0.1) is 0 Å². The summed E-state index contributed by atoms with van der Waals surface area (Å²) in [5, 5.41) is 9.37. The van der Waals surface area contributed by atoms with Gasteiger partial charge in [-0.05, 0) is 105 Å². The molecule has 3 atom stereocenters. The minimum absolute atomic E-state index is 0.166. The molecule has 9 heteroatoms. The molecule has 1 aliphatic rings. The van der Waals surface area contributed by atoms with Crippen molar-refractivity contribution in [3.8, 4) is 22.9 Å². The van der Waals surface area contributed by atoms with Crippen LogP contribution in [0.15, 0.2) is 57.4 Å². The van der Waals surface area contributed by atoms with Crippen LogP contribution < -0.4 is 0 Å². The average Bonchev–Trinajstić information content (AvgIpc) is 3.78. The van der Waals surface area contributed by atoms with Crippen molar-refractivity contribution in [3.05, 3.63) is 82.6 Å². The number of rotatable bonds is 16. The molecule has 302 valence electrons. The van der Waals surface area contributed by atoms with E-state index >= 15 is 0 Å². The molecular weight excluding hydrogens is 803 g/mol. The zero-order chi connectivity index (χ0) is 40.4. The maximum Gasteiger partial charge on any atom is 0.335 e. The first-order valence-electron chi connectivity index (χ1n) is 20.2. The van der Waals surface area contributed by atoms with Crippen molar-refractivity contribution in [1.82, 2.24) is 9.97 Å². The Bertz CT molecular complexity index is 1770. The van der Waals surface area contributed by atoms with Crippen LogP contribution in [0.25, 0.3) is 22.9 Å². The number of alkyl halides is 1. The fourth-order valence-corrected chi connectivity index (χ4v) is 7.85. The van der Waals surface area contributed by atoms with E-state index in [4.69, 9.17) is 23.3 Å². The summed E-state index contributed by atoms with van der Waals surface area (Å²) < 4.78 is 25.0. The summed E-state index contributed by atoms with van der Waals surface area (Å²) in [6.45, 7) is 21.1. The number of aromatic nitrogens is 2. The van der Waals surface area contributed by atoms with Gasteiger partial charge in [0.1, 0.15) is 23.3 Å². The summed E-state index contributed by atoms with van der Waals surface area (Å²) in [6.07, 6.45) is 6.05. The summed E-state index contributed by atoms with van der Waals surface area (Å²) >= 11 is 2.34. The van der Waals surface area contributed by atoms with Gasteiger partial charge < -0.3 is 23.4 Å². The zero-order valence-electron chi connectivity index (χ0n) is 35.1. The molecular formula is C46H65IN2O6. The predicted octanol–water partition coefficient (Wildman–Crippen LogP) is 12.6. The first-order chi connectivity index (χ1) is 26.0. The number of aliphatic carboxylic acids is 1. The van der Waals surface area contributed by atoms with Crippen LogP contribution in [0.5, 0.6) is 0 Å². The van der Waals surface area contributed by atoms with Gasteiger partial charge in [-0.1, -0.05) is 109 Å². The highest BCUT2D eigenvalue weighted by atomic mass is 127. The van der Waals surface area contributed by atoms with Gasteiger partial charge in [0.05, 0.1) is 12.3 Å². The van der Waals surface area contributed by atoms with Crippen molar-refractivity contribution in [3.63, 3.8) is 0 Å². The SMILES string of the molecule is CC(C)Cc1ccc(-c2nc(CI)c(C(C)C)o2)cc1.COC(c1nc(-c2ccc(CC(C)C)cc2)oc1C(C)C)[C@H]1CCC[C@@H](COC(C)(C)C(=O)O)C1. The molecule has 2 heterocycles. The van der Waals surface area contributed by atoms with Crippen molar-refractivity contribution in [2.24, 2.45) is 23.7 Å². The molecule has 1 unspecified atom stereocenters. The molecule has 0 bridgehead atoms. The van der Waals surface area contributed by atoms with Crippen LogP contribution in [0.4, 0.5) is 0 Å². The molecule has 4 aromatic rings. The minimum Gasteiger partial charge on any atom is -0.479 e. The largest absolute Gasteiger partial charge is 0.479 e. The number of carbonyl (C=O) groups is 1. The Labute approximate surface area is 343 Å². The third-order valence-corrected chi connectivity index (χ3v) is 11.0. The standard InChI is InChI=1S/C29H43NO5.C17H22INO/c1-18(2)15-20-11-13-22(14-12-20)27-30-24(25(35-27)19(3)4)26(33-7)23-10-8-9-21(16-23)17-34-29(5,6)28(31)32;1-11(2)9-13-5-7-14(8-6-13)17-19-15(10-18)16(20-17)12(3)4/h11-14,18-19,21,23,26H,8-10,15-17H2,1-7H3,(H,31,32);5-8,11-12H,9-10H2,1-4H3/t21-,23+,26?;/m1./s1. The van der Waals surface area contributed by atoms with E-state index in [9.17, 15) is 9.90 Å². The molecule has 0 spiro atoms. The number of hydrogen-bond acceptors (Lipinski definition) is 7. The molecule has 1 saturated carbocycles. The molecule has 1 N–H and O–H groups in total. The molecule has 0 radical (unpaired) electrons. The Balaban J connectivity index is 0.000000284. The number of methoxy groups -OCH3 is 1. The van der Waals surface area contributed by atoms with Crippen molar-refractivity contribution in [2.45, 2.75) is 136 Å². The second-order valence-electron chi connectivity index (χ2n) is 17.2. The Morgan fingerprint density at radius 2 is 1.33 bits per heavy atom. The lowest BCUT2D eigenvalue weighted by Crippen LogP contribution is -2.37. The molecule has 0 saturated heterocycles. The van der Waals surface area contributed by atoms with E-state index in [1.807, 2.05) is 0 Å². The summed E-state index contributed by atoms with van der Waals surface area (Å²) in [7, 11) is 1.75. The van der Waals surface area contributed by atoms with Gasteiger partial charge in [0.15, 0.2) is 5.60 Å². The Kier molecular flexibility index (Phi) is 16.6. The van der Waals surface area contributed by atoms with Crippen LogP contribution in [-0.4, -0.2) is 40.4 Å². The zero-order valence-corrected chi connectivity index (χ0v) is 37.2. The van der Waals surface area contributed by atoms with Crippen LogP contribution in [0.2, 0.25) is 0 Å². The van der Waals surface area contributed by atoms with Crippen molar-refractivity contribution < 1.29 is 28.2 Å². The van der Waals surface area contributed by atoms with Gasteiger partial charge in [0.2, 0.25) is 11.8 Å². The molecule has 8 nitrogen and oxygen atoms in total. The lowest BCUT2D eigenvalue weighted by atomic mass is 9.77. The number of carboxylic acids is 1. The number of oxazole rings is 2. The van der Waals surface area contributed by atoms with Gasteiger partial charge in [-0.2, -0.15) is 0 Å². The van der Waals surface area contributed by atoms with Gasteiger partial charge in [-0.25, -0.2) is 14.8 Å². The Morgan fingerprint density at radius 3 is 1.76 bits per heavy atom. The van der Waals surface area contributed by atoms with Crippen LogP contribution >= 0.6 is 22.6 Å². The lowest BCUT2D eigenvalue weighted by Gasteiger charge is -2.34. The predicted molar refractivity (Wildman–Crippen MR) is 230 cm³/mol. The fraction of sp³-hybridized carbons (Fsp3) is 0.587. The number of benzene rings is 2. The number of carboxylic acid groups (broad SMARTS) is 1. The van der Waals surface area contributed by atoms with Crippen LogP contribution in [-0.2, 0) is 31.5 Å². The first-order valence-corrected chi connectivity index (χ1v) is 21.7. The molecule has 0 aliphatic heterocycles. The average molecular weight is 869 g/mol. The quantitative estimate of drug-likeness (QED) is 0.0876. The van der Waals surface area contributed by atoms with Gasteiger partial charge in [0, 0.05) is 34.5 Å².